The van der Waals surface area contributed by atoms with Gasteiger partial charge in [0.15, 0.2) is 16.9 Å². The molecule has 2 heterocycles. The van der Waals surface area contributed by atoms with Crippen molar-refractivity contribution in [2.24, 2.45) is 0 Å². The second-order valence-electron chi connectivity index (χ2n) is 8.79. The zero-order valence-corrected chi connectivity index (χ0v) is 21.5. The van der Waals surface area contributed by atoms with Crippen LogP contribution in [0.1, 0.15) is 38.9 Å². The van der Waals surface area contributed by atoms with E-state index in [1.165, 1.54) is 0 Å². The number of nitrogens with zero attached hydrogens (tertiary/aromatic N) is 1. The van der Waals surface area contributed by atoms with Crippen LogP contribution in [0.15, 0.2) is 74.8 Å². The maximum Gasteiger partial charge on any atom is 0.290 e. The molecule has 6 nitrogen and oxygen atoms in total. The standard InChI is InChI=1S/C29H27NO5S/c1-17-5-11-22-21(15-17)27(31)25-26(19-7-9-20(36-4)10-8-19)30(29(32)28(25)35-22)14-13-18-6-12-23(33-2)24(16-18)34-3/h5-12,15-16,26H,13-14H2,1-4H3/t26-/m1/s1. The highest BCUT2D eigenvalue weighted by atomic mass is 32.2. The number of carbonyl (C=O) groups excluding carboxylic acids is 1. The van der Waals surface area contributed by atoms with Crippen molar-refractivity contribution in [2.45, 2.75) is 24.3 Å². The van der Waals surface area contributed by atoms with Gasteiger partial charge in [0.05, 0.1) is 31.2 Å². The van der Waals surface area contributed by atoms with Crippen LogP contribution in [0.5, 0.6) is 11.5 Å². The lowest BCUT2D eigenvalue weighted by Gasteiger charge is -2.25. The van der Waals surface area contributed by atoms with Crippen LogP contribution in [-0.4, -0.2) is 37.8 Å². The van der Waals surface area contributed by atoms with Crippen LogP contribution >= 0.6 is 11.8 Å². The van der Waals surface area contributed by atoms with Crippen molar-refractivity contribution in [3.05, 3.63) is 98.9 Å². The summed E-state index contributed by atoms with van der Waals surface area (Å²) in [5.41, 5.74) is 3.51. The van der Waals surface area contributed by atoms with Crippen molar-refractivity contribution in [2.75, 3.05) is 27.0 Å². The highest BCUT2D eigenvalue weighted by Gasteiger charge is 2.42. The molecule has 5 rings (SSSR count). The Labute approximate surface area is 213 Å². The molecule has 0 N–H and O–H groups in total. The van der Waals surface area contributed by atoms with Crippen LogP contribution in [0, 0.1) is 6.92 Å². The van der Waals surface area contributed by atoms with Gasteiger partial charge in [0, 0.05) is 11.4 Å². The minimum absolute atomic E-state index is 0.127. The summed E-state index contributed by atoms with van der Waals surface area (Å²) in [5, 5.41) is 0.494. The van der Waals surface area contributed by atoms with Crippen molar-refractivity contribution < 1.29 is 18.7 Å². The Hall–Kier alpha value is -3.71. The van der Waals surface area contributed by atoms with Crippen LogP contribution in [0.25, 0.3) is 11.0 Å². The van der Waals surface area contributed by atoms with Crippen molar-refractivity contribution in [3.8, 4) is 11.5 Å². The van der Waals surface area contributed by atoms with E-state index in [0.717, 1.165) is 21.6 Å². The SMILES string of the molecule is COc1ccc(CCN2C(=O)c3oc4ccc(C)cc4c(=O)c3[C@H]2c2ccc(SC)cc2)cc1OC. The minimum Gasteiger partial charge on any atom is -0.493 e. The van der Waals surface area contributed by atoms with Gasteiger partial charge in [-0.25, -0.2) is 0 Å². The quantitative estimate of drug-likeness (QED) is 0.306. The lowest BCUT2D eigenvalue weighted by atomic mass is 9.98. The Morgan fingerprint density at radius 3 is 2.39 bits per heavy atom. The number of benzene rings is 3. The maximum absolute atomic E-state index is 13.7. The van der Waals surface area contributed by atoms with Gasteiger partial charge in [0.25, 0.3) is 5.91 Å². The summed E-state index contributed by atoms with van der Waals surface area (Å²) >= 11 is 1.64. The molecular formula is C29H27NO5S. The number of ether oxygens (including phenoxy) is 2. The maximum atomic E-state index is 13.7. The molecular weight excluding hydrogens is 474 g/mol. The third kappa shape index (κ3) is 4.13. The number of fused-ring (bicyclic) bond motifs is 2. The van der Waals surface area contributed by atoms with E-state index in [1.807, 2.05) is 67.8 Å². The third-order valence-electron chi connectivity index (χ3n) is 6.64. The molecule has 7 heteroatoms. The number of thioether (sulfide) groups is 1. The summed E-state index contributed by atoms with van der Waals surface area (Å²) in [6, 6.07) is 18.7. The Bertz CT molecular complexity index is 1510. The number of hydrogen-bond donors (Lipinski definition) is 0. The highest BCUT2D eigenvalue weighted by Crippen LogP contribution is 2.39. The first kappa shape index (κ1) is 24.0. The second-order valence-corrected chi connectivity index (χ2v) is 9.67. The Morgan fingerprint density at radius 1 is 0.944 bits per heavy atom. The van der Waals surface area contributed by atoms with Crippen LogP contribution in [-0.2, 0) is 6.42 Å². The predicted molar refractivity (Wildman–Crippen MR) is 142 cm³/mol. The molecule has 0 unspecified atom stereocenters. The first-order chi connectivity index (χ1) is 17.4. The number of aryl methyl sites for hydroxylation is 1. The monoisotopic (exact) mass is 501 g/mol. The van der Waals surface area contributed by atoms with Crippen molar-refractivity contribution in [1.29, 1.82) is 0 Å². The lowest BCUT2D eigenvalue weighted by molar-refractivity contribution is 0.0730. The van der Waals surface area contributed by atoms with E-state index in [4.69, 9.17) is 13.9 Å². The molecule has 36 heavy (non-hydrogen) atoms. The average Bonchev–Trinajstić information content (AvgIpc) is 3.19. The Kier molecular flexibility index (Phi) is 6.49. The summed E-state index contributed by atoms with van der Waals surface area (Å²) in [6.07, 6.45) is 2.59. The third-order valence-corrected chi connectivity index (χ3v) is 7.39. The number of rotatable bonds is 7. The molecule has 3 aromatic carbocycles. The zero-order chi connectivity index (χ0) is 25.4. The molecule has 184 valence electrons. The van der Waals surface area contributed by atoms with Gasteiger partial charge >= 0.3 is 0 Å². The van der Waals surface area contributed by atoms with E-state index in [2.05, 4.69) is 0 Å². The predicted octanol–water partition coefficient (Wildman–Crippen LogP) is 5.63. The molecule has 0 radical (unpaired) electrons. The highest BCUT2D eigenvalue weighted by molar-refractivity contribution is 7.98. The summed E-state index contributed by atoms with van der Waals surface area (Å²) < 4.78 is 16.8. The fourth-order valence-electron chi connectivity index (χ4n) is 4.78. The first-order valence-electron chi connectivity index (χ1n) is 11.7. The van der Waals surface area contributed by atoms with Crippen molar-refractivity contribution in [3.63, 3.8) is 0 Å². The molecule has 0 fully saturated rings. The summed E-state index contributed by atoms with van der Waals surface area (Å²) in [6.45, 7) is 2.34. The molecule has 0 spiro atoms. The second kappa shape index (κ2) is 9.74. The molecule has 1 atom stereocenters. The van der Waals surface area contributed by atoms with Gasteiger partial charge in [-0.05, 0) is 67.1 Å². The van der Waals surface area contributed by atoms with E-state index >= 15 is 0 Å². The normalized spacial score (nSPS) is 14.8. The molecule has 1 aliphatic rings. The average molecular weight is 502 g/mol. The molecule has 1 aromatic heterocycles. The van der Waals surface area contributed by atoms with Crippen molar-refractivity contribution in [1.82, 2.24) is 4.90 Å². The molecule has 0 saturated carbocycles. The largest absolute Gasteiger partial charge is 0.493 e. The van der Waals surface area contributed by atoms with Gasteiger partial charge in [-0.2, -0.15) is 0 Å². The first-order valence-corrected chi connectivity index (χ1v) is 12.9. The molecule has 0 aliphatic carbocycles. The number of amides is 1. The van der Waals surface area contributed by atoms with Gasteiger partial charge in [-0.15, -0.1) is 11.8 Å². The lowest BCUT2D eigenvalue weighted by Crippen LogP contribution is -2.31. The van der Waals surface area contributed by atoms with Gasteiger partial charge < -0.3 is 18.8 Å². The smallest absolute Gasteiger partial charge is 0.290 e. The fourth-order valence-corrected chi connectivity index (χ4v) is 5.19. The van der Waals surface area contributed by atoms with Gasteiger partial charge in [-0.1, -0.05) is 29.8 Å². The number of methoxy groups -OCH3 is 2. The fraction of sp³-hybridized carbons (Fsp3) is 0.241. The number of hydrogen-bond acceptors (Lipinski definition) is 6. The van der Waals surface area contributed by atoms with Crippen LogP contribution in [0.4, 0.5) is 0 Å². The Balaban J connectivity index is 1.58. The van der Waals surface area contributed by atoms with Gasteiger partial charge in [0.1, 0.15) is 5.58 Å². The Morgan fingerprint density at radius 2 is 1.69 bits per heavy atom. The van der Waals surface area contributed by atoms with E-state index < -0.39 is 6.04 Å². The van der Waals surface area contributed by atoms with E-state index in [0.29, 0.717) is 41.0 Å². The molecule has 0 bridgehead atoms. The van der Waals surface area contributed by atoms with E-state index in [9.17, 15) is 9.59 Å². The molecule has 4 aromatic rings. The topological polar surface area (TPSA) is 69.0 Å². The summed E-state index contributed by atoms with van der Waals surface area (Å²) in [5.74, 6) is 1.13. The van der Waals surface area contributed by atoms with Gasteiger partial charge in [0.2, 0.25) is 5.76 Å². The molecule has 1 aliphatic heterocycles. The minimum atomic E-state index is -0.523. The number of carbonyl (C=O) groups is 1. The summed E-state index contributed by atoms with van der Waals surface area (Å²) in [7, 11) is 3.19. The van der Waals surface area contributed by atoms with Crippen LogP contribution in [0.2, 0.25) is 0 Å². The summed E-state index contributed by atoms with van der Waals surface area (Å²) in [4.78, 5) is 30.2. The molecule has 0 saturated heterocycles. The molecule has 1 amide bonds. The van der Waals surface area contributed by atoms with Crippen LogP contribution in [0.3, 0.4) is 0 Å². The zero-order valence-electron chi connectivity index (χ0n) is 20.7. The van der Waals surface area contributed by atoms with E-state index in [-0.39, 0.29) is 17.1 Å². The van der Waals surface area contributed by atoms with Crippen molar-refractivity contribution >= 4 is 28.6 Å². The van der Waals surface area contributed by atoms with E-state index in [1.54, 1.807) is 36.9 Å². The van der Waals surface area contributed by atoms with Gasteiger partial charge in [-0.3, -0.25) is 9.59 Å². The van der Waals surface area contributed by atoms with Crippen LogP contribution < -0.4 is 14.9 Å².